The first-order chi connectivity index (χ1) is 14.6. The maximum Gasteiger partial charge on any atom is 0.250 e. The van der Waals surface area contributed by atoms with Crippen LogP contribution in [-0.4, -0.2) is 17.9 Å². The fraction of sp³-hybridized carbons (Fsp3) is 0.130. The number of rotatable bonds is 9. The van der Waals surface area contributed by atoms with Crippen LogP contribution in [0.4, 0.5) is 0 Å². The lowest BCUT2D eigenvalue weighted by Crippen LogP contribution is -2.19. The first-order valence-electron chi connectivity index (χ1n) is 9.20. The predicted molar refractivity (Wildman–Crippen MR) is 128 cm³/mol. The summed E-state index contributed by atoms with van der Waals surface area (Å²) in [6.45, 7) is 0.470. The van der Waals surface area contributed by atoms with Crippen molar-refractivity contribution in [3.8, 4) is 5.75 Å². The van der Waals surface area contributed by atoms with Crippen LogP contribution in [0.1, 0.15) is 16.7 Å². The lowest BCUT2D eigenvalue weighted by Gasteiger charge is -2.06. The van der Waals surface area contributed by atoms with Crippen molar-refractivity contribution in [2.24, 2.45) is 5.10 Å². The standard InChI is InChI=1S/C23H20BrClN2O2S/c24-22-4-2-1-3-19(22)15-30-16-23(28)27-26-13-17-7-11-21(12-8-17)29-14-18-5-9-20(25)10-6-18/h1-13H,14-16H2,(H,27,28)/b26-13+. The van der Waals surface area contributed by atoms with Crippen molar-refractivity contribution in [2.75, 3.05) is 5.75 Å². The van der Waals surface area contributed by atoms with E-state index in [2.05, 4.69) is 26.5 Å². The van der Waals surface area contributed by atoms with Gasteiger partial charge in [-0.15, -0.1) is 11.8 Å². The molecule has 0 fully saturated rings. The Morgan fingerprint density at radius 2 is 1.80 bits per heavy atom. The number of halogens is 2. The third-order valence-electron chi connectivity index (χ3n) is 4.05. The molecule has 0 heterocycles. The number of thioether (sulfide) groups is 1. The number of carbonyl (C=O) groups is 1. The molecule has 0 bridgehead atoms. The maximum absolute atomic E-state index is 11.9. The molecule has 1 amide bonds. The first-order valence-corrected chi connectivity index (χ1v) is 11.5. The van der Waals surface area contributed by atoms with Crippen molar-refractivity contribution in [3.05, 3.63) is 99.0 Å². The minimum atomic E-state index is -0.133. The maximum atomic E-state index is 11.9. The van der Waals surface area contributed by atoms with E-state index in [-0.39, 0.29) is 5.91 Å². The Hall–Kier alpha value is -2.28. The summed E-state index contributed by atoms with van der Waals surface area (Å²) in [6, 6.07) is 23.0. The highest BCUT2D eigenvalue weighted by Crippen LogP contribution is 2.21. The summed E-state index contributed by atoms with van der Waals surface area (Å²) in [4.78, 5) is 11.9. The summed E-state index contributed by atoms with van der Waals surface area (Å²) >= 11 is 10.9. The Morgan fingerprint density at radius 3 is 2.53 bits per heavy atom. The summed E-state index contributed by atoms with van der Waals surface area (Å²) in [6.07, 6.45) is 1.61. The number of benzene rings is 3. The molecule has 0 saturated carbocycles. The van der Waals surface area contributed by atoms with Gasteiger partial charge in [-0.3, -0.25) is 4.79 Å². The van der Waals surface area contributed by atoms with Gasteiger partial charge in [-0.1, -0.05) is 57.9 Å². The number of carbonyl (C=O) groups excluding carboxylic acids is 1. The second-order valence-electron chi connectivity index (χ2n) is 6.36. The number of hydrogen-bond donors (Lipinski definition) is 1. The Bertz CT molecular complexity index is 995. The van der Waals surface area contributed by atoms with Crippen LogP contribution >= 0.6 is 39.3 Å². The second-order valence-corrected chi connectivity index (χ2v) is 8.64. The number of nitrogens with one attached hydrogen (secondary N) is 1. The van der Waals surface area contributed by atoms with E-state index in [4.69, 9.17) is 16.3 Å². The molecule has 7 heteroatoms. The predicted octanol–water partition coefficient (Wildman–Crippen LogP) is 6.07. The van der Waals surface area contributed by atoms with Crippen LogP contribution in [0.15, 0.2) is 82.4 Å². The van der Waals surface area contributed by atoms with Gasteiger partial charge in [0.05, 0.1) is 12.0 Å². The van der Waals surface area contributed by atoms with Gasteiger partial charge >= 0.3 is 0 Å². The van der Waals surface area contributed by atoms with E-state index < -0.39 is 0 Å². The normalized spacial score (nSPS) is 10.9. The van der Waals surface area contributed by atoms with Gasteiger partial charge in [0.25, 0.3) is 0 Å². The van der Waals surface area contributed by atoms with Crippen LogP contribution in [0.25, 0.3) is 0 Å². The Morgan fingerprint density at radius 1 is 1.07 bits per heavy atom. The van der Waals surface area contributed by atoms with E-state index in [1.165, 1.54) is 0 Å². The van der Waals surface area contributed by atoms with Gasteiger partial charge in [0.15, 0.2) is 0 Å². The minimum absolute atomic E-state index is 0.133. The van der Waals surface area contributed by atoms with E-state index in [1.54, 1.807) is 18.0 Å². The van der Waals surface area contributed by atoms with Crippen molar-refractivity contribution < 1.29 is 9.53 Å². The van der Waals surface area contributed by atoms with Crippen LogP contribution in [0, 0.1) is 0 Å². The molecule has 0 spiro atoms. The van der Waals surface area contributed by atoms with Crippen LogP contribution in [0.3, 0.4) is 0 Å². The molecule has 3 aromatic rings. The Labute approximate surface area is 193 Å². The molecular weight excluding hydrogens is 484 g/mol. The molecule has 0 aliphatic carbocycles. The molecule has 0 radical (unpaired) electrons. The first kappa shape index (κ1) is 22.4. The van der Waals surface area contributed by atoms with Gasteiger partial charge in [-0.2, -0.15) is 5.10 Å². The summed E-state index contributed by atoms with van der Waals surface area (Å²) < 4.78 is 6.81. The molecule has 3 rings (SSSR count). The van der Waals surface area contributed by atoms with Gasteiger partial charge in [-0.05, 0) is 59.2 Å². The second kappa shape index (κ2) is 11.8. The van der Waals surface area contributed by atoms with Crippen LogP contribution in [0.2, 0.25) is 5.02 Å². The minimum Gasteiger partial charge on any atom is -0.489 e. The van der Waals surface area contributed by atoms with Gasteiger partial charge in [0.1, 0.15) is 12.4 Å². The van der Waals surface area contributed by atoms with E-state index >= 15 is 0 Å². The number of ether oxygens (including phenoxy) is 1. The third-order valence-corrected chi connectivity index (χ3v) is 6.06. The number of hydrogen-bond acceptors (Lipinski definition) is 4. The van der Waals surface area contributed by atoms with Gasteiger partial charge in [-0.25, -0.2) is 5.43 Å². The highest BCUT2D eigenvalue weighted by molar-refractivity contribution is 9.10. The topological polar surface area (TPSA) is 50.7 Å². The van der Waals surface area contributed by atoms with Gasteiger partial charge < -0.3 is 4.74 Å². The average molecular weight is 504 g/mol. The number of amides is 1. The molecular formula is C23H20BrClN2O2S. The number of nitrogens with zero attached hydrogens (tertiary/aromatic N) is 1. The van der Waals surface area contributed by atoms with E-state index in [0.717, 1.165) is 32.7 Å². The summed E-state index contributed by atoms with van der Waals surface area (Å²) in [5, 5.41) is 4.72. The number of hydrazone groups is 1. The zero-order valence-corrected chi connectivity index (χ0v) is 19.2. The third kappa shape index (κ3) is 7.52. The zero-order valence-electron chi connectivity index (χ0n) is 16.1. The van der Waals surface area contributed by atoms with Crippen molar-refractivity contribution in [1.82, 2.24) is 5.43 Å². The van der Waals surface area contributed by atoms with Gasteiger partial charge in [0.2, 0.25) is 5.91 Å². The smallest absolute Gasteiger partial charge is 0.250 e. The quantitative estimate of drug-likeness (QED) is 0.285. The molecule has 0 aliphatic heterocycles. The molecule has 1 N–H and O–H groups in total. The zero-order chi connectivity index (χ0) is 21.2. The van der Waals surface area contributed by atoms with E-state index in [0.29, 0.717) is 17.4 Å². The molecule has 0 aliphatic rings. The highest BCUT2D eigenvalue weighted by Gasteiger charge is 2.03. The van der Waals surface area contributed by atoms with Crippen molar-refractivity contribution in [2.45, 2.75) is 12.4 Å². The van der Waals surface area contributed by atoms with Crippen LogP contribution in [-0.2, 0) is 17.2 Å². The van der Waals surface area contributed by atoms with Crippen LogP contribution in [0.5, 0.6) is 5.75 Å². The largest absolute Gasteiger partial charge is 0.489 e. The molecule has 4 nitrogen and oxygen atoms in total. The SMILES string of the molecule is O=C(CSCc1ccccc1Br)N/N=C/c1ccc(OCc2ccc(Cl)cc2)cc1. The van der Waals surface area contributed by atoms with Gasteiger partial charge in [0, 0.05) is 15.2 Å². The lowest BCUT2D eigenvalue weighted by atomic mass is 10.2. The highest BCUT2D eigenvalue weighted by atomic mass is 79.9. The Kier molecular flexibility index (Phi) is 8.81. The van der Waals surface area contributed by atoms with Crippen molar-refractivity contribution in [1.29, 1.82) is 0 Å². The molecule has 154 valence electrons. The van der Waals surface area contributed by atoms with Crippen molar-refractivity contribution >= 4 is 51.4 Å². The molecule has 3 aromatic carbocycles. The summed E-state index contributed by atoms with van der Waals surface area (Å²) in [5.41, 5.74) is 5.63. The fourth-order valence-corrected chi connectivity index (χ4v) is 4.04. The van der Waals surface area contributed by atoms with Crippen LogP contribution < -0.4 is 10.2 Å². The fourth-order valence-electron chi connectivity index (χ4n) is 2.48. The molecule has 30 heavy (non-hydrogen) atoms. The van der Waals surface area contributed by atoms with E-state index in [9.17, 15) is 4.79 Å². The van der Waals surface area contributed by atoms with E-state index in [1.807, 2.05) is 72.8 Å². The molecule has 0 atom stereocenters. The lowest BCUT2D eigenvalue weighted by molar-refractivity contribution is -0.118. The summed E-state index contributed by atoms with van der Waals surface area (Å²) in [7, 11) is 0. The molecule has 0 saturated heterocycles. The van der Waals surface area contributed by atoms with Crippen molar-refractivity contribution in [3.63, 3.8) is 0 Å². The summed E-state index contributed by atoms with van der Waals surface area (Å²) in [5.74, 6) is 1.73. The Balaban J connectivity index is 1.38. The average Bonchev–Trinajstić information content (AvgIpc) is 2.76. The monoisotopic (exact) mass is 502 g/mol. The molecule has 0 unspecified atom stereocenters. The molecule has 0 aromatic heterocycles.